The molecule has 0 saturated carbocycles. The fourth-order valence-corrected chi connectivity index (χ4v) is 1.57. The third-order valence-electron chi connectivity index (χ3n) is 2.56. The van der Waals surface area contributed by atoms with Crippen LogP contribution in [0.25, 0.3) is 0 Å². The zero-order valence-corrected chi connectivity index (χ0v) is 11.4. The number of nitrogens with zero attached hydrogens (tertiary/aromatic N) is 1. The van der Waals surface area contributed by atoms with Gasteiger partial charge in [0.15, 0.2) is 5.96 Å². The molecule has 0 amide bonds. The number of methoxy groups -OCH3 is 1. The van der Waals surface area contributed by atoms with E-state index in [1.54, 1.807) is 7.11 Å². The van der Waals surface area contributed by atoms with Gasteiger partial charge in [-0.2, -0.15) is 13.2 Å². The van der Waals surface area contributed by atoms with Crippen molar-refractivity contribution in [2.45, 2.75) is 19.1 Å². The molecular weight excluding hydrogens is 271 g/mol. The Hall–Kier alpha value is -1.92. The van der Waals surface area contributed by atoms with Gasteiger partial charge in [0.1, 0.15) is 5.75 Å². The fourth-order valence-electron chi connectivity index (χ4n) is 1.57. The first-order valence-electron chi connectivity index (χ1n) is 6.09. The number of ether oxygens (including phenoxy) is 1. The van der Waals surface area contributed by atoms with Crippen molar-refractivity contribution in [3.05, 3.63) is 29.8 Å². The molecule has 1 aromatic rings. The van der Waals surface area contributed by atoms with Crippen LogP contribution in [0.15, 0.2) is 29.3 Å². The summed E-state index contributed by atoms with van der Waals surface area (Å²) in [4.78, 5) is 3.86. The third kappa shape index (κ3) is 5.81. The molecule has 0 bridgehead atoms. The average Bonchev–Trinajstić information content (AvgIpc) is 2.41. The van der Waals surface area contributed by atoms with Gasteiger partial charge in [0.05, 0.1) is 13.5 Å². The summed E-state index contributed by atoms with van der Waals surface area (Å²) < 4.78 is 41.3. The lowest BCUT2D eigenvalue weighted by molar-refractivity contribution is -0.132. The highest BCUT2D eigenvalue weighted by Gasteiger charge is 2.26. The van der Waals surface area contributed by atoms with Gasteiger partial charge >= 0.3 is 6.18 Å². The van der Waals surface area contributed by atoms with Crippen molar-refractivity contribution in [3.63, 3.8) is 0 Å². The lowest BCUT2D eigenvalue weighted by atomic mass is 10.2. The smallest absolute Gasteiger partial charge is 0.390 e. The van der Waals surface area contributed by atoms with Gasteiger partial charge in [-0.25, -0.2) is 0 Å². The van der Waals surface area contributed by atoms with E-state index in [9.17, 15) is 13.2 Å². The van der Waals surface area contributed by atoms with Crippen LogP contribution in [0.5, 0.6) is 5.75 Å². The van der Waals surface area contributed by atoms with Gasteiger partial charge in [-0.3, -0.25) is 4.99 Å². The zero-order valence-electron chi connectivity index (χ0n) is 11.4. The highest BCUT2D eigenvalue weighted by Crippen LogP contribution is 2.18. The van der Waals surface area contributed by atoms with Gasteiger partial charge in [-0.15, -0.1) is 0 Å². The number of guanidine groups is 1. The van der Waals surface area contributed by atoms with Crippen molar-refractivity contribution >= 4 is 5.96 Å². The van der Waals surface area contributed by atoms with E-state index in [4.69, 9.17) is 4.74 Å². The molecule has 0 aliphatic heterocycles. The summed E-state index contributed by atoms with van der Waals surface area (Å²) in [6.07, 6.45) is -5.07. The first kappa shape index (κ1) is 16.1. The molecule has 0 atom stereocenters. The van der Waals surface area contributed by atoms with Gasteiger partial charge in [-0.1, -0.05) is 18.2 Å². The Morgan fingerprint density at radius 1 is 1.25 bits per heavy atom. The minimum atomic E-state index is -4.17. The van der Waals surface area contributed by atoms with E-state index in [0.717, 1.165) is 5.56 Å². The van der Waals surface area contributed by atoms with E-state index in [-0.39, 0.29) is 6.54 Å². The topological polar surface area (TPSA) is 45.7 Å². The van der Waals surface area contributed by atoms with Crippen molar-refractivity contribution in [3.8, 4) is 5.75 Å². The van der Waals surface area contributed by atoms with Gasteiger partial charge in [-0.05, 0) is 6.07 Å². The van der Waals surface area contributed by atoms with Crippen LogP contribution in [0.1, 0.15) is 12.0 Å². The van der Waals surface area contributed by atoms with Gasteiger partial charge in [0, 0.05) is 25.7 Å². The van der Waals surface area contributed by atoms with E-state index in [1.165, 1.54) is 7.05 Å². The van der Waals surface area contributed by atoms with Crippen molar-refractivity contribution < 1.29 is 17.9 Å². The van der Waals surface area contributed by atoms with E-state index in [0.29, 0.717) is 18.3 Å². The summed E-state index contributed by atoms with van der Waals surface area (Å²) in [5.41, 5.74) is 0.897. The van der Waals surface area contributed by atoms with Gasteiger partial charge < -0.3 is 15.4 Å². The normalized spacial score (nSPS) is 12.2. The molecule has 7 heteroatoms. The third-order valence-corrected chi connectivity index (χ3v) is 2.56. The number of alkyl halides is 3. The average molecular weight is 289 g/mol. The molecule has 0 unspecified atom stereocenters. The first-order valence-corrected chi connectivity index (χ1v) is 6.09. The van der Waals surface area contributed by atoms with Crippen molar-refractivity contribution in [1.29, 1.82) is 0 Å². The Labute approximate surface area is 116 Å². The van der Waals surface area contributed by atoms with Crippen molar-refractivity contribution in [2.75, 3.05) is 20.7 Å². The number of aliphatic imine (C=N–C) groups is 1. The molecule has 112 valence electrons. The molecule has 0 aliphatic carbocycles. The van der Waals surface area contributed by atoms with Crippen molar-refractivity contribution in [1.82, 2.24) is 10.6 Å². The van der Waals surface area contributed by atoms with E-state index < -0.39 is 12.6 Å². The summed E-state index contributed by atoms with van der Waals surface area (Å²) in [6, 6.07) is 7.39. The summed E-state index contributed by atoms with van der Waals surface area (Å²) >= 11 is 0. The van der Waals surface area contributed by atoms with Crippen molar-refractivity contribution in [2.24, 2.45) is 4.99 Å². The molecule has 0 fully saturated rings. The number of hydrogen-bond acceptors (Lipinski definition) is 2. The standard InChI is InChI=1S/C13H18F3N3O/c1-17-12(18-8-7-13(14,15)16)19-9-10-5-3-4-6-11(10)20-2/h3-6H,7-9H2,1-2H3,(H2,17,18,19). The molecule has 0 aromatic heterocycles. The van der Waals surface area contributed by atoms with Crippen LogP contribution in [0.3, 0.4) is 0 Å². The maximum Gasteiger partial charge on any atom is 0.390 e. The Kier molecular flexibility index (Phi) is 6.14. The van der Waals surface area contributed by atoms with Crippen LogP contribution < -0.4 is 15.4 Å². The van der Waals surface area contributed by atoms with E-state index in [1.807, 2.05) is 24.3 Å². The fraction of sp³-hybridized carbons (Fsp3) is 0.462. The zero-order chi connectivity index (χ0) is 15.0. The molecular formula is C13H18F3N3O. The van der Waals surface area contributed by atoms with Crippen LogP contribution in [-0.4, -0.2) is 32.8 Å². The minimum Gasteiger partial charge on any atom is -0.496 e. The monoisotopic (exact) mass is 289 g/mol. The largest absolute Gasteiger partial charge is 0.496 e. The number of rotatable bonds is 5. The van der Waals surface area contributed by atoms with Gasteiger partial charge in [0.25, 0.3) is 0 Å². The Morgan fingerprint density at radius 3 is 2.55 bits per heavy atom. The lowest BCUT2D eigenvalue weighted by Gasteiger charge is -2.14. The van der Waals surface area contributed by atoms with E-state index >= 15 is 0 Å². The summed E-state index contributed by atoms with van der Waals surface area (Å²) in [5.74, 6) is 1.03. The van der Waals surface area contributed by atoms with Crippen LogP contribution >= 0.6 is 0 Å². The second-order valence-corrected chi connectivity index (χ2v) is 4.03. The molecule has 1 aromatic carbocycles. The number of benzene rings is 1. The summed E-state index contributed by atoms with van der Waals surface area (Å²) in [6.45, 7) is 0.199. The molecule has 0 saturated heterocycles. The second-order valence-electron chi connectivity index (χ2n) is 4.03. The Bertz CT molecular complexity index is 447. The Morgan fingerprint density at radius 2 is 1.95 bits per heavy atom. The molecule has 4 nitrogen and oxygen atoms in total. The van der Waals surface area contributed by atoms with Crippen LogP contribution in [0, 0.1) is 0 Å². The molecule has 0 radical (unpaired) electrons. The maximum atomic E-state index is 12.0. The number of hydrogen-bond donors (Lipinski definition) is 2. The summed E-state index contributed by atoms with van der Waals surface area (Å²) in [7, 11) is 3.07. The predicted octanol–water partition coefficient (Wildman–Crippen LogP) is 2.31. The molecule has 0 aliphatic rings. The molecule has 0 spiro atoms. The number of nitrogens with one attached hydrogen (secondary N) is 2. The molecule has 1 rings (SSSR count). The quantitative estimate of drug-likeness (QED) is 0.646. The predicted molar refractivity (Wildman–Crippen MR) is 71.9 cm³/mol. The highest BCUT2D eigenvalue weighted by molar-refractivity contribution is 5.79. The van der Waals surface area contributed by atoms with E-state index in [2.05, 4.69) is 15.6 Å². The Balaban J connectivity index is 2.46. The molecule has 0 heterocycles. The van der Waals surface area contributed by atoms with Gasteiger partial charge in [0.2, 0.25) is 0 Å². The second kappa shape index (κ2) is 7.62. The number of halogens is 3. The summed E-state index contributed by atoms with van der Waals surface area (Å²) in [5, 5.41) is 5.55. The number of para-hydroxylation sites is 1. The molecule has 20 heavy (non-hydrogen) atoms. The van der Waals surface area contributed by atoms with Crippen LogP contribution in [0.2, 0.25) is 0 Å². The molecule has 2 N–H and O–H groups in total. The SMILES string of the molecule is CN=C(NCCC(F)(F)F)NCc1ccccc1OC. The first-order chi connectivity index (χ1) is 9.46. The van der Waals surface area contributed by atoms with Crippen LogP contribution in [0.4, 0.5) is 13.2 Å². The minimum absolute atomic E-state index is 0.213. The maximum absolute atomic E-state index is 12.0. The highest BCUT2D eigenvalue weighted by atomic mass is 19.4. The van der Waals surface area contributed by atoms with Crippen LogP contribution in [-0.2, 0) is 6.54 Å². The lowest BCUT2D eigenvalue weighted by Crippen LogP contribution is -2.38.